The SMILES string of the molecule is Cc1cc(C)c(-c2c3nc(c(-c4ccc(N(C)C)cc4)c4ccc([nH]4)c(-c4c(C)cc(C)cc4C)c4nc(c(-c5ccc(N(C)C)cc5)c5ccc2[nH]5)C=C4)C=C3)c(C)c1. The van der Waals surface area contributed by atoms with Crippen LogP contribution >= 0.6 is 0 Å². The highest BCUT2D eigenvalue weighted by Gasteiger charge is 2.22. The average molecular weight is 785 g/mol. The van der Waals surface area contributed by atoms with E-state index in [1.165, 1.54) is 44.5 Å². The summed E-state index contributed by atoms with van der Waals surface area (Å²) < 4.78 is 0. The van der Waals surface area contributed by atoms with Crippen molar-refractivity contribution in [2.75, 3.05) is 38.0 Å². The molecular weight excluding hydrogens is 733 g/mol. The minimum atomic E-state index is 0.904. The molecule has 5 heterocycles. The Morgan fingerprint density at radius 2 is 0.633 bits per heavy atom. The number of hydrogen-bond acceptors (Lipinski definition) is 4. The zero-order valence-electron chi connectivity index (χ0n) is 36.3. The number of nitrogens with zero attached hydrogens (tertiary/aromatic N) is 4. The fourth-order valence-electron chi connectivity index (χ4n) is 9.34. The van der Waals surface area contributed by atoms with Crippen molar-refractivity contribution in [2.45, 2.75) is 41.5 Å². The van der Waals surface area contributed by atoms with E-state index in [9.17, 15) is 0 Å². The summed E-state index contributed by atoms with van der Waals surface area (Å²) in [6, 6.07) is 35.5. The van der Waals surface area contributed by atoms with E-state index in [1.54, 1.807) is 0 Å². The van der Waals surface area contributed by atoms with E-state index in [4.69, 9.17) is 9.97 Å². The quantitative estimate of drug-likeness (QED) is 0.176. The van der Waals surface area contributed by atoms with Crippen LogP contribution < -0.4 is 9.80 Å². The van der Waals surface area contributed by atoms with Crippen molar-refractivity contribution < 1.29 is 0 Å². The molecule has 0 atom stereocenters. The van der Waals surface area contributed by atoms with Gasteiger partial charge in [-0.1, -0.05) is 59.7 Å². The van der Waals surface area contributed by atoms with E-state index in [2.05, 4.69) is 211 Å². The van der Waals surface area contributed by atoms with Crippen LogP contribution in [0, 0.1) is 41.5 Å². The lowest BCUT2D eigenvalue weighted by atomic mass is 9.92. The van der Waals surface area contributed by atoms with Gasteiger partial charge in [0, 0.05) is 83.9 Å². The van der Waals surface area contributed by atoms with E-state index in [-0.39, 0.29) is 0 Å². The van der Waals surface area contributed by atoms with Crippen LogP contribution in [0.25, 0.3) is 90.9 Å². The first-order valence-electron chi connectivity index (χ1n) is 20.7. The van der Waals surface area contributed by atoms with Gasteiger partial charge in [0.05, 0.1) is 22.8 Å². The molecule has 298 valence electrons. The van der Waals surface area contributed by atoms with Crippen LogP contribution in [0.3, 0.4) is 0 Å². The molecule has 2 aliphatic rings. The molecule has 60 heavy (non-hydrogen) atoms. The first-order chi connectivity index (χ1) is 28.8. The number of aromatic nitrogens is 4. The molecule has 7 aromatic rings. The minimum absolute atomic E-state index is 0.904. The number of rotatable bonds is 6. The van der Waals surface area contributed by atoms with Crippen LogP contribution in [0.15, 0.2) is 97.1 Å². The number of anilines is 2. The second kappa shape index (κ2) is 15.0. The number of hydrogen-bond donors (Lipinski definition) is 2. The number of benzene rings is 4. The second-order valence-electron chi connectivity index (χ2n) is 16.9. The Labute approximate surface area is 353 Å². The molecule has 2 aliphatic heterocycles. The molecule has 0 amide bonds. The molecule has 0 saturated heterocycles. The second-order valence-corrected chi connectivity index (χ2v) is 16.9. The maximum Gasteiger partial charge on any atom is 0.0737 e. The summed E-state index contributed by atoms with van der Waals surface area (Å²) in [5.74, 6) is 0. The van der Waals surface area contributed by atoms with Gasteiger partial charge in [-0.2, -0.15) is 0 Å². The summed E-state index contributed by atoms with van der Waals surface area (Å²) in [5, 5.41) is 0. The van der Waals surface area contributed by atoms with Crippen molar-refractivity contribution in [3.8, 4) is 44.5 Å². The van der Waals surface area contributed by atoms with Gasteiger partial charge in [0.2, 0.25) is 0 Å². The topological polar surface area (TPSA) is 63.8 Å². The van der Waals surface area contributed by atoms with Crippen LogP contribution in [0.1, 0.15) is 56.2 Å². The minimum Gasteiger partial charge on any atom is -0.378 e. The smallest absolute Gasteiger partial charge is 0.0737 e. The van der Waals surface area contributed by atoms with Gasteiger partial charge in [-0.05, 0) is 159 Å². The largest absolute Gasteiger partial charge is 0.378 e. The fourth-order valence-corrected chi connectivity index (χ4v) is 9.34. The van der Waals surface area contributed by atoms with Gasteiger partial charge in [0.25, 0.3) is 0 Å². The van der Waals surface area contributed by atoms with Gasteiger partial charge < -0.3 is 19.8 Å². The Kier molecular flexibility index (Phi) is 9.67. The Morgan fingerprint density at radius 3 is 0.933 bits per heavy atom. The molecule has 8 bridgehead atoms. The van der Waals surface area contributed by atoms with E-state index in [1.807, 2.05) is 0 Å². The molecule has 0 saturated carbocycles. The number of nitrogens with one attached hydrogen (secondary N) is 2. The average Bonchev–Trinajstić information content (AvgIpc) is 4.04. The van der Waals surface area contributed by atoms with Crippen molar-refractivity contribution in [3.63, 3.8) is 0 Å². The molecule has 9 rings (SSSR count). The summed E-state index contributed by atoms with van der Waals surface area (Å²) in [7, 11) is 8.30. The Bertz CT molecular complexity index is 2820. The van der Waals surface area contributed by atoms with E-state index >= 15 is 0 Å². The monoisotopic (exact) mass is 784 g/mol. The zero-order valence-corrected chi connectivity index (χ0v) is 36.3. The van der Waals surface area contributed by atoms with Crippen molar-refractivity contribution in [1.82, 2.24) is 19.9 Å². The fraction of sp³-hybridized carbons (Fsp3) is 0.185. The maximum absolute atomic E-state index is 5.56. The van der Waals surface area contributed by atoms with Crippen molar-refractivity contribution in [2.24, 2.45) is 0 Å². The highest BCUT2D eigenvalue weighted by molar-refractivity contribution is 6.01. The van der Waals surface area contributed by atoms with Crippen LogP contribution in [0.2, 0.25) is 0 Å². The Balaban J connectivity index is 1.48. The third-order valence-corrected chi connectivity index (χ3v) is 12.0. The Hall–Kier alpha value is -6.92. The van der Waals surface area contributed by atoms with Crippen LogP contribution in [0.4, 0.5) is 11.4 Å². The van der Waals surface area contributed by atoms with Gasteiger partial charge in [0.1, 0.15) is 0 Å². The van der Waals surface area contributed by atoms with E-state index in [0.29, 0.717) is 0 Å². The van der Waals surface area contributed by atoms with Crippen molar-refractivity contribution in [1.29, 1.82) is 0 Å². The number of fused-ring (bicyclic) bond motifs is 8. The zero-order chi connectivity index (χ0) is 42.0. The molecular formula is C54H52N6. The third-order valence-electron chi connectivity index (χ3n) is 12.0. The number of aryl methyl sites for hydroxylation is 6. The van der Waals surface area contributed by atoms with E-state index < -0.39 is 0 Å². The van der Waals surface area contributed by atoms with Gasteiger partial charge in [0.15, 0.2) is 0 Å². The lowest BCUT2D eigenvalue weighted by molar-refractivity contribution is 1.13. The maximum atomic E-state index is 5.56. The highest BCUT2D eigenvalue weighted by Crippen LogP contribution is 2.41. The van der Waals surface area contributed by atoms with Gasteiger partial charge in [-0.25, -0.2) is 9.97 Å². The summed E-state index contributed by atoms with van der Waals surface area (Å²) in [4.78, 5) is 23.3. The lowest BCUT2D eigenvalue weighted by Gasteiger charge is -2.14. The number of H-pyrrole nitrogens is 2. The Morgan fingerprint density at radius 1 is 0.350 bits per heavy atom. The van der Waals surface area contributed by atoms with Gasteiger partial charge in [-0.3, -0.25) is 0 Å². The summed E-state index contributed by atoms with van der Waals surface area (Å²) in [5.41, 5.74) is 26.0. The van der Waals surface area contributed by atoms with Crippen molar-refractivity contribution >= 4 is 57.7 Å². The summed E-state index contributed by atoms with van der Waals surface area (Å²) in [6.07, 6.45) is 8.73. The van der Waals surface area contributed by atoms with Crippen LogP contribution in [0.5, 0.6) is 0 Å². The number of aromatic amines is 2. The summed E-state index contributed by atoms with van der Waals surface area (Å²) >= 11 is 0. The molecule has 0 radical (unpaired) electrons. The van der Waals surface area contributed by atoms with Crippen molar-refractivity contribution in [3.05, 3.63) is 153 Å². The van der Waals surface area contributed by atoms with Crippen LogP contribution in [-0.2, 0) is 0 Å². The van der Waals surface area contributed by atoms with Gasteiger partial charge >= 0.3 is 0 Å². The molecule has 0 unspecified atom stereocenters. The summed E-state index contributed by atoms with van der Waals surface area (Å²) in [6.45, 7) is 13.2. The standard InChI is InChI=1S/C54H52N6/c1-31-27-33(3)49(34(4)28-31)53-45-23-19-41(55-45)51(37-11-15-39(16-12-37)59(7)8)43-21-25-47(57-43)54(50-35(5)29-32(2)30-36(50)6)48-26-22-44(58-48)52(42-20-24-46(53)56-42)38-13-17-40(18-14-38)60(9)10/h11-30,55,58H,1-10H3. The predicted octanol–water partition coefficient (Wildman–Crippen LogP) is 13.3. The lowest BCUT2D eigenvalue weighted by Crippen LogP contribution is -2.07. The molecule has 6 heteroatoms. The first-order valence-corrected chi connectivity index (χ1v) is 20.7. The first kappa shape index (κ1) is 38.6. The molecule has 4 aromatic carbocycles. The molecule has 6 nitrogen and oxygen atoms in total. The molecule has 0 spiro atoms. The predicted molar refractivity (Wildman–Crippen MR) is 258 cm³/mol. The normalized spacial score (nSPS) is 12.0. The van der Waals surface area contributed by atoms with E-state index in [0.717, 1.165) is 89.6 Å². The third kappa shape index (κ3) is 6.82. The van der Waals surface area contributed by atoms with Gasteiger partial charge in [-0.15, -0.1) is 0 Å². The van der Waals surface area contributed by atoms with Crippen LogP contribution in [-0.4, -0.2) is 48.1 Å². The molecule has 2 N–H and O–H groups in total. The molecule has 0 fully saturated rings. The molecule has 0 aliphatic carbocycles. The highest BCUT2D eigenvalue weighted by atomic mass is 15.1. The molecule has 3 aromatic heterocycles.